The Morgan fingerprint density at radius 1 is 1.38 bits per heavy atom. The van der Waals surface area contributed by atoms with Crippen LogP contribution in [0.2, 0.25) is 0 Å². The molecule has 1 fully saturated rings. The molecule has 172 valence electrons. The van der Waals surface area contributed by atoms with Gasteiger partial charge in [0.25, 0.3) is 0 Å². The first-order valence-corrected chi connectivity index (χ1v) is 10.2. The van der Waals surface area contributed by atoms with Gasteiger partial charge in [0.1, 0.15) is 5.56 Å². The monoisotopic (exact) mass is 448 g/mol. The Bertz CT molecular complexity index is 1110. The number of anilines is 1. The molecule has 1 saturated heterocycles. The number of carbonyl (C=O) groups excluding carboxylic acids is 1. The summed E-state index contributed by atoms with van der Waals surface area (Å²) < 4.78 is 41.3. The van der Waals surface area contributed by atoms with Crippen molar-refractivity contribution < 1.29 is 18.0 Å². The lowest BCUT2D eigenvalue weighted by atomic mass is 9.91. The first-order valence-electron chi connectivity index (χ1n) is 10.2. The van der Waals surface area contributed by atoms with Gasteiger partial charge in [-0.2, -0.15) is 13.2 Å². The maximum Gasteiger partial charge on any atom is 0.419 e. The Labute approximate surface area is 183 Å². The van der Waals surface area contributed by atoms with Gasteiger partial charge in [-0.1, -0.05) is 12.7 Å². The summed E-state index contributed by atoms with van der Waals surface area (Å²) in [5, 5.41) is 9.90. The van der Waals surface area contributed by atoms with Crippen molar-refractivity contribution in [1.82, 2.24) is 25.6 Å². The van der Waals surface area contributed by atoms with Crippen LogP contribution in [0.15, 0.2) is 24.2 Å². The fourth-order valence-electron chi connectivity index (χ4n) is 3.51. The van der Waals surface area contributed by atoms with E-state index in [1.54, 1.807) is 19.1 Å². The van der Waals surface area contributed by atoms with Gasteiger partial charge in [-0.15, -0.1) is 0 Å². The van der Waals surface area contributed by atoms with Gasteiger partial charge in [0.15, 0.2) is 0 Å². The summed E-state index contributed by atoms with van der Waals surface area (Å²) in [4.78, 5) is 21.6. The first-order chi connectivity index (χ1) is 15.0. The highest BCUT2D eigenvalue weighted by molar-refractivity contribution is 5.67. The van der Waals surface area contributed by atoms with Crippen LogP contribution in [-0.4, -0.2) is 39.5 Å². The predicted octanol–water partition coefficient (Wildman–Crippen LogP) is 2.27. The molecule has 0 aromatic carbocycles. The van der Waals surface area contributed by atoms with Crippen molar-refractivity contribution in [2.45, 2.75) is 51.4 Å². The summed E-state index contributed by atoms with van der Waals surface area (Å²) in [7, 11) is 0. The topological polar surface area (TPSA) is 94.7 Å². The van der Waals surface area contributed by atoms with Crippen molar-refractivity contribution in [2.24, 2.45) is 0 Å². The van der Waals surface area contributed by atoms with Crippen LogP contribution in [0.3, 0.4) is 0 Å². The van der Waals surface area contributed by atoms with E-state index in [-0.39, 0.29) is 28.8 Å². The number of halogens is 3. The number of rotatable bonds is 6. The molecule has 1 amide bonds. The normalized spacial score (nSPS) is 19.6. The zero-order valence-corrected chi connectivity index (χ0v) is 18.2. The quantitative estimate of drug-likeness (QED) is 0.509. The highest BCUT2D eigenvalue weighted by Crippen LogP contribution is 2.35. The number of H-pyrrole nitrogens is 1. The third-order valence-corrected chi connectivity index (χ3v) is 5.42. The van der Waals surface area contributed by atoms with Crippen molar-refractivity contribution in [3.05, 3.63) is 40.3 Å². The minimum atomic E-state index is -4.63. The molecule has 2 aromatic heterocycles. The molecule has 0 radical (unpaired) electrons. The van der Waals surface area contributed by atoms with Gasteiger partial charge in [0, 0.05) is 52.3 Å². The number of aromatic amines is 1. The number of amides is 1. The fourth-order valence-corrected chi connectivity index (χ4v) is 3.51. The largest absolute Gasteiger partial charge is 0.419 e. The van der Waals surface area contributed by atoms with E-state index in [0.29, 0.717) is 29.2 Å². The minimum absolute atomic E-state index is 0.00766. The standard InChI is InChI=1S/C22H27F3N6O/c1-13(28-12-32)5-6-16-14(2)26-10-17(16)19-18(22(23,24)25)11-27-20(31-19)30-15-7-8-21(3,4)29-9-15/h5-6,10-12,15,26,29H,2,7-9H2,1,3-4H3,(H,28,32)(H,27,30,31)/b13-5+,16-6+. The maximum atomic E-state index is 13.8. The lowest BCUT2D eigenvalue weighted by molar-refractivity contribution is -0.137. The molecule has 4 N–H and O–H groups in total. The Hall–Kier alpha value is -3.14. The SMILES string of the molecule is C=c1[nH]cc(-c2nc(NC3CCC(C)(C)NC3)ncc2C(F)(F)F)/c1=C/C=C(\C)NC=O. The summed E-state index contributed by atoms with van der Waals surface area (Å²) in [6.45, 7) is 10.4. The zero-order chi connectivity index (χ0) is 23.5. The Morgan fingerprint density at radius 3 is 2.75 bits per heavy atom. The molecule has 3 heterocycles. The Balaban J connectivity index is 2.03. The molecule has 0 spiro atoms. The molecular formula is C22H27F3N6O. The minimum Gasteiger partial charge on any atom is -0.361 e. The fraction of sp³-hybridized carbons (Fsp3) is 0.409. The first kappa shape index (κ1) is 23.5. The second-order valence-corrected chi connectivity index (χ2v) is 8.47. The number of alkyl halides is 3. The molecule has 0 aliphatic carbocycles. The van der Waals surface area contributed by atoms with Gasteiger partial charge in [0.05, 0.1) is 5.69 Å². The summed E-state index contributed by atoms with van der Waals surface area (Å²) in [5.74, 6) is 0.131. The smallest absolute Gasteiger partial charge is 0.361 e. The van der Waals surface area contributed by atoms with Crippen molar-refractivity contribution in [3.63, 3.8) is 0 Å². The molecule has 1 unspecified atom stereocenters. The lowest BCUT2D eigenvalue weighted by Gasteiger charge is -2.36. The van der Waals surface area contributed by atoms with E-state index in [1.165, 1.54) is 6.20 Å². The number of hydrogen-bond acceptors (Lipinski definition) is 5. The number of allylic oxidation sites excluding steroid dienone is 2. The summed E-state index contributed by atoms with van der Waals surface area (Å²) >= 11 is 0. The molecule has 0 saturated carbocycles. The van der Waals surface area contributed by atoms with Crippen LogP contribution in [0.5, 0.6) is 0 Å². The number of nitrogens with one attached hydrogen (secondary N) is 4. The third-order valence-electron chi connectivity index (χ3n) is 5.42. The molecule has 3 rings (SSSR count). The molecule has 1 atom stereocenters. The van der Waals surface area contributed by atoms with Gasteiger partial charge in [-0.05, 0) is 39.7 Å². The maximum absolute atomic E-state index is 13.8. The zero-order valence-electron chi connectivity index (χ0n) is 18.2. The van der Waals surface area contributed by atoms with Gasteiger partial charge in [-0.25, -0.2) is 9.97 Å². The van der Waals surface area contributed by atoms with Crippen LogP contribution in [0.4, 0.5) is 19.1 Å². The van der Waals surface area contributed by atoms with E-state index < -0.39 is 11.7 Å². The van der Waals surface area contributed by atoms with Crippen molar-refractivity contribution >= 4 is 25.0 Å². The average molecular weight is 448 g/mol. The van der Waals surface area contributed by atoms with Crippen LogP contribution >= 0.6 is 0 Å². The average Bonchev–Trinajstić information content (AvgIpc) is 3.08. The molecule has 1 aliphatic heterocycles. The van der Waals surface area contributed by atoms with Crippen LogP contribution in [0.1, 0.15) is 39.2 Å². The van der Waals surface area contributed by atoms with Crippen LogP contribution in [0, 0.1) is 0 Å². The van der Waals surface area contributed by atoms with Gasteiger partial charge < -0.3 is 20.9 Å². The van der Waals surface area contributed by atoms with Gasteiger partial charge in [0.2, 0.25) is 12.4 Å². The second-order valence-electron chi connectivity index (χ2n) is 8.47. The summed E-state index contributed by atoms with van der Waals surface area (Å²) in [6, 6.07) is 0.00766. The number of carbonyl (C=O) groups is 1. The number of aromatic nitrogens is 3. The van der Waals surface area contributed by atoms with E-state index in [1.807, 2.05) is 0 Å². The second kappa shape index (κ2) is 9.15. The summed E-state index contributed by atoms with van der Waals surface area (Å²) in [6.07, 6.45) is 3.07. The van der Waals surface area contributed by atoms with Crippen LogP contribution in [-0.2, 0) is 11.0 Å². The highest BCUT2D eigenvalue weighted by Gasteiger charge is 2.36. The van der Waals surface area contributed by atoms with Crippen molar-refractivity contribution in [2.75, 3.05) is 11.9 Å². The summed E-state index contributed by atoms with van der Waals surface area (Å²) in [5.41, 5.74) is -0.391. The van der Waals surface area contributed by atoms with Gasteiger partial charge in [-0.3, -0.25) is 4.79 Å². The molecule has 32 heavy (non-hydrogen) atoms. The van der Waals surface area contributed by atoms with E-state index in [0.717, 1.165) is 19.0 Å². The molecule has 0 bridgehead atoms. The predicted molar refractivity (Wildman–Crippen MR) is 118 cm³/mol. The third kappa shape index (κ3) is 5.56. The molecule has 10 heteroatoms. The highest BCUT2D eigenvalue weighted by atomic mass is 19.4. The van der Waals surface area contributed by atoms with Gasteiger partial charge >= 0.3 is 6.18 Å². The Kier molecular flexibility index (Phi) is 6.73. The Morgan fingerprint density at radius 2 is 2.12 bits per heavy atom. The number of nitrogens with zero attached hydrogens (tertiary/aromatic N) is 2. The van der Waals surface area contributed by atoms with Crippen LogP contribution < -0.4 is 26.5 Å². The number of hydrogen-bond donors (Lipinski definition) is 4. The van der Waals surface area contributed by atoms with Crippen molar-refractivity contribution in [3.8, 4) is 11.3 Å². The van der Waals surface area contributed by atoms with E-state index in [9.17, 15) is 18.0 Å². The molecular weight excluding hydrogens is 421 g/mol. The molecule has 2 aromatic rings. The van der Waals surface area contributed by atoms with E-state index >= 15 is 0 Å². The van der Waals surface area contributed by atoms with E-state index in [4.69, 9.17) is 0 Å². The molecule has 7 nitrogen and oxygen atoms in total. The van der Waals surface area contributed by atoms with Crippen LogP contribution in [0.25, 0.3) is 23.9 Å². The lowest BCUT2D eigenvalue weighted by Crippen LogP contribution is -2.50. The van der Waals surface area contributed by atoms with Crippen molar-refractivity contribution in [1.29, 1.82) is 0 Å². The van der Waals surface area contributed by atoms with E-state index in [2.05, 4.69) is 51.3 Å². The molecule has 1 aliphatic rings. The number of piperidine rings is 1.